The van der Waals surface area contributed by atoms with E-state index in [1.165, 1.54) is 48.1 Å². The highest BCUT2D eigenvalue weighted by atomic mass is 19.1. The number of hydrogen-bond acceptors (Lipinski definition) is 1. The van der Waals surface area contributed by atoms with Crippen molar-refractivity contribution in [1.82, 2.24) is 0 Å². The van der Waals surface area contributed by atoms with Crippen molar-refractivity contribution in [2.75, 3.05) is 0 Å². The lowest BCUT2D eigenvalue weighted by atomic mass is 9.97. The molecular formula is C18H20FN. The summed E-state index contributed by atoms with van der Waals surface area (Å²) in [5.41, 5.74) is 11.6. The van der Waals surface area contributed by atoms with E-state index in [1.807, 2.05) is 12.1 Å². The minimum Gasteiger partial charge on any atom is -0.327 e. The summed E-state index contributed by atoms with van der Waals surface area (Å²) in [6.07, 6.45) is 5.37. The first kappa shape index (κ1) is 13.3. The van der Waals surface area contributed by atoms with Crippen LogP contribution in [0, 0.1) is 5.82 Å². The maximum atomic E-state index is 12.9. The van der Waals surface area contributed by atoms with Gasteiger partial charge in [0.15, 0.2) is 0 Å². The lowest BCUT2D eigenvalue weighted by molar-refractivity contribution is 0.623. The average molecular weight is 269 g/mol. The molecule has 2 N–H and O–H groups in total. The zero-order valence-corrected chi connectivity index (χ0v) is 11.6. The van der Waals surface area contributed by atoms with Gasteiger partial charge >= 0.3 is 0 Å². The van der Waals surface area contributed by atoms with Crippen molar-refractivity contribution in [1.29, 1.82) is 0 Å². The van der Waals surface area contributed by atoms with Crippen molar-refractivity contribution in [3.05, 3.63) is 70.5 Å². The molecule has 2 heteroatoms. The molecular weight excluding hydrogens is 249 g/mol. The topological polar surface area (TPSA) is 26.0 Å². The Bertz CT molecular complexity index is 589. The first-order chi connectivity index (χ1) is 9.70. The van der Waals surface area contributed by atoms with Crippen molar-refractivity contribution in [3.8, 4) is 0 Å². The van der Waals surface area contributed by atoms with Crippen LogP contribution in [0.2, 0.25) is 0 Å². The zero-order chi connectivity index (χ0) is 13.9. The predicted molar refractivity (Wildman–Crippen MR) is 80.3 cm³/mol. The molecule has 0 aliphatic heterocycles. The van der Waals surface area contributed by atoms with Gasteiger partial charge in [0.05, 0.1) is 0 Å². The minimum absolute atomic E-state index is 0.0833. The van der Waals surface area contributed by atoms with Gasteiger partial charge in [0.1, 0.15) is 5.82 Å². The van der Waals surface area contributed by atoms with E-state index in [0.29, 0.717) is 0 Å². The standard InChI is InChI=1S/C18H20FN/c19-17-8-5-13(6-9-17)11-18(20)12-14-4-7-15-2-1-3-16(15)10-14/h4-10,18H,1-3,11-12,20H2. The Morgan fingerprint density at radius 2 is 1.55 bits per heavy atom. The molecule has 0 saturated carbocycles. The normalized spacial score (nSPS) is 15.1. The smallest absolute Gasteiger partial charge is 0.123 e. The van der Waals surface area contributed by atoms with E-state index in [1.54, 1.807) is 0 Å². The first-order valence-electron chi connectivity index (χ1n) is 7.31. The predicted octanol–water partition coefficient (Wildman–Crippen LogP) is 3.43. The third-order valence-electron chi connectivity index (χ3n) is 4.07. The van der Waals surface area contributed by atoms with Crippen molar-refractivity contribution in [3.63, 3.8) is 0 Å². The molecule has 1 unspecified atom stereocenters. The van der Waals surface area contributed by atoms with Crippen LogP contribution in [0.25, 0.3) is 0 Å². The maximum absolute atomic E-state index is 12.9. The Morgan fingerprint density at radius 3 is 2.35 bits per heavy atom. The molecule has 0 amide bonds. The SMILES string of the molecule is NC(Cc1ccc(F)cc1)Cc1ccc2c(c1)CCC2. The number of aryl methyl sites for hydroxylation is 2. The second-order valence-electron chi connectivity index (χ2n) is 5.75. The van der Waals surface area contributed by atoms with Crippen LogP contribution >= 0.6 is 0 Å². The largest absolute Gasteiger partial charge is 0.327 e. The summed E-state index contributed by atoms with van der Waals surface area (Å²) in [6.45, 7) is 0. The van der Waals surface area contributed by atoms with Crippen LogP contribution in [0.1, 0.15) is 28.7 Å². The van der Waals surface area contributed by atoms with Gasteiger partial charge in [-0.2, -0.15) is 0 Å². The molecule has 0 fully saturated rings. The van der Waals surface area contributed by atoms with Crippen LogP contribution in [-0.4, -0.2) is 6.04 Å². The lowest BCUT2D eigenvalue weighted by Crippen LogP contribution is -2.25. The molecule has 1 atom stereocenters. The number of fused-ring (bicyclic) bond motifs is 1. The summed E-state index contributed by atoms with van der Waals surface area (Å²) >= 11 is 0. The molecule has 1 nitrogen and oxygen atoms in total. The molecule has 0 aromatic heterocycles. The maximum Gasteiger partial charge on any atom is 0.123 e. The summed E-state index contributed by atoms with van der Waals surface area (Å²) in [4.78, 5) is 0. The number of hydrogen-bond donors (Lipinski definition) is 1. The van der Waals surface area contributed by atoms with Crippen LogP contribution in [0.4, 0.5) is 4.39 Å². The van der Waals surface area contributed by atoms with Crippen molar-refractivity contribution < 1.29 is 4.39 Å². The lowest BCUT2D eigenvalue weighted by Gasteiger charge is -2.13. The fourth-order valence-corrected chi connectivity index (χ4v) is 3.05. The second kappa shape index (κ2) is 5.76. The summed E-state index contributed by atoms with van der Waals surface area (Å²) in [5, 5.41) is 0. The molecule has 0 spiro atoms. The minimum atomic E-state index is -0.194. The van der Waals surface area contributed by atoms with Crippen molar-refractivity contribution in [2.45, 2.75) is 38.1 Å². The summed E-state index contributed by atoms with van der Waals surface area (Å²) in [7, 11) is 0. The Balaban J connectivity index is 1.63. The van der Waals surface area contributed by atoms with Crippen LogP contribution in [0.5, 0.6) is 0 Å². The third kappa shape index (κ3) is 3.07. The molecule has 1 aliphatic carbocycles. The van der Waals surface area contributed by atoms with Gasteiger partial charge in [-0.3, -0.25) is 0 Å². The molecule has 2 aromatic rings. The molecule has 2 aromatic carbocycles. The van der Waals surface area contributed by atoms with E-state index in [4.69, 9.17) is 5.73 Å². The Hall–Kier alpha value is -1.67. The molecule has 20 heavy (non-hydrogen) atoms. The Morgan fingerprint density at radius 1 is 0.900 bits per heavy atom. The summed E-state index contributed by atoms with van der Waals surface area (Å²) in [5.74, 6) is -0.194. The summed E-state index contributed by atoms with van der Waals surface area (Å²) in [6, 6.07) is 13.5. The Labute approximate surface area is 119 Å². The molecule has 104 valence electrons. The van der Waals surface area contributed by atoms with Gasteiger partial charge in [0.25, 0.3) is 0 Å². The van der Waals surface area contributed by atoms with Crippen LogP contribution in [-0.2, 0) is 25.7 Å². The average Bonchev–Trinajstić information content (AvgIpc) is 2.89. The highest BCUT2D eigenvalue weighted by Crippen LogP contribution is 2.23. The van der Waals surface area contributed by atoms with Crippen molar-refractivity contribution in [2.24, 2.45) is 5.73 Å². The van der Waals surface area contributed by atoms with Crippen LogP contribution in [0.15, 0.2) is 42.5 Å². The molecule has 3 rings (SSSR count). The first-order valence-corrected chi connectivity index (χ1v) is 7.31. The van der Waals surface area contributed by atoms with E-state index in [2.05, 4.69) is 18.2 Å². The molecule has 0 bridgehead atoms. The van der Waals surface area contributed by atoms with Gasteiger partial charge in [-0.1, -0.05) is 30.3 Å². The van der Waals surface area contributed by atoms with E-state index < -0.39 is 0 Å². The molecule has 0 heterocycles. The van der Waals surface area contributed by atoms with Crippen molar-refractivity contribution >= 4 is 0 Å². The zero-order valence-electron chi connectivity index (χ0n) is 11.6. The number of rotatable bonds is 4. The molecule has 0 saturated heterocycles. The van der Waals surface area contributed by atoms with E-state index in [-0.39, 0.29) is 11.9 Å². The molecule has 1 aliphatic rings. The van der Waals surface area contributed by atoms with Gasteiger partial charge in [0, 0.05) is 6.04 Å². The van der Waals surface area contributed by atoms with E-state index >= 15 is 0 Å². The number of halogens is 1. The monoisotopic (exact) mass is 269 g/mol. The second-order valence-corrected chi connectivity index (χ2v) is 5.75. The van der Waals surface area contributed by atoms with Crippen LogP contribution in [0.3, 0.4) is 0 Å². The highest BCUT2D eigenvalue weighted by molar-refractivity contribution is 5.35. The van der Waals surface area contributed by atoms with E-state index in [0.717, 1.165) is 18.4 Å². The Kier molecular flexibility index (Phi) is 3.83. The van der Waals surface area contributed by atoms with Gasteiger partial charge in [-0.25, -0.2) is 4.39 Å². The third-order valence-corrected chi connectivity index (χ3v) is 4.07. The number of benzene rings is 2. The van der Waals surface area contributed by atoms with Gasteiger partial charge < -0.3 is 5.73 Å². The number of nitrogens with two attached hydrogens (primary N) is 1. The van der Waals surface area contributed by atoms with Gasteiger partial charge in [-0.15, -0.1) is 0 Å². The highest BCUT2D eigenvalue weighted by Gasteiger charge is 2.12. The quantitative estimate of drug-likeness (QED) is 0.904. The van der Waals surface area contributed by atoms with Gasteiger partial charge in [0.2, 0.25) is 0 Å². The molecule has 0 radical (unpaired) electrons. The van der Waals surface area contributed by atoms with Gasteiger partial charge in [-0.05, 0) is 66.5 Å². The van der Waals surface area contributed by atoms with E-state index in [9.17, 15) is 4.39 Å². The fourth-order valence-electron chi connectivity index (χ4n) is 3.05. The van der Waals surface area contributed by atoms with Crippen LogP contribution < -0.4 is 5.73 Å². The fraction of sp³-hybridized carbons (Fsp3) is 0.333. The summed E-state index contributed by atoms with van der Waals surface area (Å²) < 4.78 is 12.9.